The van der Waals surface area contributed by atoms with Gasteiger partial charge in [-0.15, -0.1) is 0 Å². The van der Waals surface area contributed by atoms with Crippen molar-refractivity contribution < 1.29 is 29.6 Å². The number of carbonyl (C=O) groups excluding carboxylic acids is 1. The van der Waals surface area contributed by atoms with Gasteiger partial charge in [-0.05, 0) is 99.2 Å². The zero-order valence-electron chi connectivity index (χ0n) is 23.7. The molecule has 4 saturated carbocycles. The largest absolute Gasteiger partial charge is 0.481 e. The van der Waals surface area contributed by atoms with E-state index >= 15 is 0 Å². The predicted molar refractivity (Wildman–Crippen MR) is 143 cm³/mol. The van der Waals surface area contributed by atoms with Crippen LogP contribution < -0.4 is 0 Å². The number of esters is 1. The summed E-state index contributed by atoms with van der Waals surface area (Å²) in [7, 11) is 0. The van der Waals surface area contributed by atoms with Crippen molar-refractivity contribution in [3.8, 4) is 0 Å². The lowest BCUT2D eigenvalue weighted by Gasteiger charge is -2.63. The van der Waals surface area contributed by atoms with Gasteiger partial charge in [0.15, 0.2) is 0 Å². The molecule has 0 aromatic heterocycles. The molecule has 0 aliphatic heterocycles. The summed E-state index contributed by atoms with van der Waals surface area (Å²) in [5.41, 5.74) is -0.546. The molecular formula is C31H52O6. The second-order valence-corrected chi connectivity index (χ2v) is 13.9. The summed E-state index contributed by atoms with van der Waals surface area (Å²) in [6.07, 6.45) is 12.3. The minimum Gasteiger partial charge on any atom is -0.481 e. The minimum atomic E-state index is -0.986. The molecule has 10 atom stereocenters. The van der Waals surface area contributed by atoms with E-state index in [9.17, 15) is 19.8 Å². The van der Waals surface area contributed by atoms with Crippen molar-refractivity contribution in [1.29, 1.82) is 0 Å². The van der Waals surface area contributed by atoms with Gasteiger partial charge in [0.2, 0.25) is 0 Å². The first-order chi connectivity index (χ1) is 17.4. The van der Waals surface area contributed by atoms with E-state index in [-0.39, 0.29) is 41.8 Å². The number of aliphatic hydroxyl groups is 2. The number of hydrogen-bond acceptors (Lipinski definition) is 5. The van der Waals surface area contributed by atoms with Gasteiger partial charge in [-0.1, -0.05) is 46.5 Å². The van der Waals surface area contributed by atoms with Crippen LogP contribution in [0.5, 0.6) is 0 Å². The number of carboxylic acid groups (broad SMARTS) is 1. The van der Waals surface area contributed by atoms with E-state index in [2.05, 4.69) is 27.7 Å². The molecule has 0 aromatic carbocycles. The molecule has 0 heterocycles. The Morgan fingerprint density at radius 2 is 1.62 bits per heavy atom. The van der Waals surface area contributed by atoms with Crippen molar-refractivity contribution in [2.75, 3.05) is 0 Å². The maximum Gasteiger partial charge on any atom is 0.306 e. The highest BCUT2D eigenvalue weighted by Gasteiger charge is 2.64. The summed E-state index contributed by atoms with van der Waals surface area (Å²) in [4.78, 5) is 23.7. The van der Waals surface area contributed by atoms with Crippen LogP contribution >= 0.6 is 0 Å². The Labute approximate surface area is 223 Å². The number of rotatable bonds is 10. The molecule has 4 fully saturated rings. The maximum absolute atomic E-state index is 12.7. The molecule has 0 radical (unpaired) electrons. The van der Waals surface area contributed by atoms with Crippen molar-refractivity contribution >= 4 is 11.9 Å². The number of ether oxygens (including phenoxy) is 1. The molecule has 0 unspecified atom stereocenters. The Morgan fingerprint density at radius 1 is 0.919 bits per heavy atom. The number of hydrogen-bond donors (Lipinski definition) is 3. The third-order valence-corrected chi connectivity index (χ3v) is 11.7. The topological polar surface area (TPSA) is 104 Å². The number of aliphatic carboxylic acids is 1. The number of carbonyl (C=O) groups is 2. The fraction of sp³-hybridized carbons (Fsp3) is 0.935. The van der Waals surface area contributed by atoms with E-state index in [4.69, 9.17) is 9.84 Å². The van der Waals surface area contributed by atoms with E-state index in [0.29, 0.717) is 30.1 Å². The Morgan fingerprint density at radius 3 is 2.32 bits per heavy atom. The van der Waals surface area contributed by atoms with Gasteiger partial charge < -0.3 is 20.1 Å². The summed E-state index contributed by atoms with van der Waals surface area (Å²) < 4.78 is 6.06. The molecular weight excluding hydrogens is 468 g/mol. The van der Waals surface area contributed by atoms with Crippen LogP contribution in [0.1, 0.15) is 124 Å². The second kappa shape index (κ2) is 11.2. The van der Waals surface area contributed by atoms with E-state index < -0.39 is 17.5 Å². The van der Waals surface area contributed by atoms with Gasteiger partial charge in [0.25, 0.3) is 0 Å². The number of unbranched alkanes of at least 4 members (excludes halogenated alkanes) is 3. The smallest absolute Gasteiger partial charge is 0.306 e. The van der Waals surface area contributed by atoms with E-state index in [1.165, 1.54) is 19.3 Å². The van der Waals surface area contributed by atoms with E-state index in [1.54, 1.807) is 0 Å². The summed E-state index contributed by atoms with van der Waals surface area (Å²) in [5.74, 6) is 0.491. The van der Waals surface area contributed by atoms with Gasteiger partial charge in [0.05, 0.1) is 24.5 Å². The summed E-state index contributed by atoms with van der Waals surface area (Å²) in [6.45, 7) is 9.10. The van der Waals surface area contributed by atoms with Gasteiger partial charge in [-0.2, -0.15) is 0 Å². The van der Waals surface area contributed by atoms with Crippen LogP contribution in [0.2, 0.25) is 0 Å². The minimum absolute atomic E-state index is 0.0159. The van der Waals surface area contributed by atoms with Gasteiger partial charge >= 0.3 is 11.9 Å². The van der Waals surface area contributed by atoms with Crippen LogP contribution in [-0.4, -0.2) is 45.1 Å². The zero-order valence-corrected chi connectivity index (χ0v) is 23.7. The lowest BCUT2D eigenvalue weighted by Crippen LogP contribution is -2.59. The van der Waals surface area contributed by atoms with Crippen molar-refractivity contribution in [3.05, 3.63) is 0 Å². The summed E-state index contributed by atoms with van der Waals surface area (Å²) in [5, 5.41) is 31.3. The molecule has 0 amide bonds. The lowest BCUT2D eigenvalue weighted by atomic mass is 9.43. The van der Waals surface area contributed by atoms with Crippen molar-refractivity contribution in [1.82, 2.24) is 0 Å². The average molecular weight is 521 g/mol. The summed E-state index contributed by atoms with van der Waals surface area (Å²) >= 11 is 0. The Balaban J connectivity index is 1.55. The molecule has 37 heavy (non-hydrogen) atoms. The van der Waals surface area contributed by atoms with E-state index in [0.717, 1.165) is 57.8 Å². The Hall–Kier alpha value is -1.14. The van der Waals surface area contributed by atoms with Gasteiger partial charge in [-0.3, -0.25) is 9.59 Å². The molecule has 0 spiro atoms. The average Bonchev–Trinajstić information content (AvgIpc) is 3.20. The van der Waals surface area contributed by atoms with Crippen molar-refractivity contribution in [2.24, 2.45) is 40.4 Å². The molecule has 0 bridgehead atoms. The Kier molecular flexibility index (Phi) is 8.70. The molecule has 4 rings (SSSR count). The van der Waals surface area contributed by atoms with Gasteiger partial charge in [0.1, 0.15) is 6.10 Å². The number of carboxylic acids is 1. The monoisotopic (exact) mass is 520 g/mol. The summed E-state index contributed by atoms with van der Waals surface area (Å²) in [6, 6.07) is 0. The second-order valence-electron chi connectivity index (χ2n) is 13.9. The number of aliphatic hydroxyl groups excluding tert-OH is 1. The third-order valence-electron chi connectivity index (χ3n) is 11.7. The standard InChI is InChI=1S/C31H52O6/c1-5-6-7-8-15-31(4,36)26-10-9-22-21-19-25(37-28(35)12-11-27(33)34)24-18-20(32)13-16-29(24,2)23(21)14-17-30(22,26)3/h20-26,32,36H,5-19H2,1-4H3,(H,33,34)/t20-,21-,22-,23-,24+,25-,26-,29+,30-,31-/m0/s1. The molecule has 4 aliphatic rings. The van der Waals surface area contributed by atoms with Crippen LogP contribution in [0.15, 0.2) is 0 Å². The molecule has 0 aromatic rings. The van der Waals surface area contributed by atoms with Crippen LogP contribution in [0.4, 0.5) is 0 Å². The van der Waals surface area contributed by atoms with E-state index in [1.807, 2.05) is 0 Å². The molecule has 6 nitrogen and oxygen atoms in total. The van der Waals surface area contributed by atoms with Crippen molar-refractivity contribution in [3.63, 3.8) is 0 Å². The fourth-order valence-corrected chi connectivity index (χ4v) is 9.92. The maximum atomic E-state index is 12.7. The fourth-order valence-electron chi connectivity index (χ4n) is 9.92. The SMILES string of the molecule is CCCCCC[C@](C)(O)[C@H]1CC[C@H]2[C@@H]3C[C@H](OC(=O)CCC(=O)O)[C@H]4C[C@@H](O)CC[C@]4(C)[C@H]3CC[C@@]21C. The normalized spacial score (nSPS) is 42.7. The van der Waals surface area contributed by atoms with Crippen LogP contribution in [0.3, 0.4) is 0 Å². The predicted octanol–water partition coefficient (Wildman–Crippen LogP) is 6.11. The highest BCUT2D eigenvalue weighted by molar-refractivity contribution is 5.76. The van der Waals surface area contributed by atoms with Crippen LogP contribution in [0, 0.1) is 40.4 Å². The zero-order chi connectivity index (χ0) is 27.0. The molecule has 4 aliphatic carbocycles. The molecule has 6 heteroatoms. The van der Waals surface area contributed by atoms with Crippen LogP contribution in [0.25, 0.3) is 0 Å². The quantitative estimate of drug-likeness (QED) is 0.237. The first-order valence-corrected chi connectivity index (χ1v) is 15.2. The van der Waals surface area contributed by atoms with Crippen LogP contribution in [-0.2, 0) is 14.3 Å². The Bertz CT molecular complexity index is 825. The lowest BCUT2D eigenvalue weighted by molar-refractivity contribution is -0.197. The molecule has 3 N–H and O–H groups in total. The first-order valence-electron chi connectivity index (χ1n) is 15.2. The molecule has 0 saturated heterocycles. The number of fused-ring (bicyclic) bond motifs is 5. The molecule has 212 valence electrons. The highest BCUT2D eigenvalue weighted by Crippen LogP contribution is 2.69. The third kappa shape index (κ3) is 5.62. The first kappa shape index (κ1) is 28.9. The highest BCUT2D eigenvalue weighted by atomic mass is 16.5. The van der Waals surface area contributed by atoms with Crippen molar-refractivity contribution in [2.45, 2.75) is 142 Å². The van der Waals surface area contributed by atoms with Gasteiger partial charge in [0, 0.05) is 5.92 Å². The van der Waals surface area contributed by atoms with Gasteiger partial charge in [-0.25, -0.2) is 0 Å².